The van der Waals surface area contributed by atoms with Gasteiger partial charge in [0, 0.05) is 0 Å². The second-order valence-corrected chi connectivity index (χ2v) is 0.289. The van der Waals surface area contributed by atoms with Crippen molar-refractivity contribution < 1.29 is 58.9 Å². The van der Waals surface area contributed by atoms with Crippen molar-refractivity contribution in [1.82, 2.24) is 18.5 Å². The molecule has 15 heteroatoms. The Bertz CT molecular complexity index is 20.5. The number of hydrogen-bond donors (Lipinski definition) is 3. The lowest BCUT2D eigenvalue weighted by Gasteiger charge is -2.35. The van der Waals surface area contributed by atoms with E-state index in [1.54, 1.807) is 0 Å². The van der Waals surface area contributed by atoms with E-state index in [0.717, 1.165) is 0 Å². The summed E-state index contributed by atoms with van der Waals surface area (Å²) in [4.78, 5) is 0. The van der Waals surface area contributed by atoms with Crippen LogP contribution in [-0.2, 0) is 0 Å². The Morgan fingerprint density at radius 3 is 0.400 bits per heavy atom. The molecule has 15 heavy (non-hydrogen) atoms. The normalized spacial score (nSPS) is 1.80. The van der Waals surface area contributed by atoms with Gasteiger partial charge in [-0.2, -0.15) is 0 Å². The van der Waals surface area contributed by atoms with Gasteiger partial charge in [0.15, 0.2) is 0 Å². The molecule has 0 radical (unpaired) electrons. The van der Waals surface area contributed by atoms with Gasteiger partial charge in [-0.1, -0.05) is 0 Å². The van der Waals surface area contributed by atoms with E-state index in [0.29, 0.717) is 0 Å². The quantitative estimate of drug-likeness (QED) is 0.355. The fraction of sp³-hybridized carbons (Fsp3) is 0. The van der Waals surface area contributed by atoms with Crippen LogP contribution in [0.3, 0.4) is 0 Å². The van der Waals surface area contributed by atoms with Crippen LogP contribution in [0.4, 0.5) is 0 Å². The summed E-state index contributed by atoms with van der Waals surface area (Å²) >= 11 is 0. The summed E-state index contributed by atoms with van der Waals surface area (Å²) in [6.45, 7) is 0. The van der Waals surface area contributed by atoms with Crippen LogP contribution in [0, 0.1) is 0 Å². The molecule has 0 aromatic carbocycles. The third-order valence-corrected chi connectivity index (χ3v) is 0. The Balaban J connectivity index is -0.000000000818. The van der Waals surface area contributed by atoms with Crippen molar-refractivity contribution in [3.05, 3.63) is 0 Å². The second kappa shape index (κ2) is 337. The van der Waals surface area contributed by atoms with Crippen LogP contribution in [0.25, 0.3) is 0 Å². The molecule has 0 aliphatic carbocycles. The molecule has 0 spiro atoms. The summed E-state index contributed by atoms with van der Waals surface area (Å²) in [5.41, 5.74) is 0. The molecule has 28 N–H and O–H groups in total. The number of hydrogen-bond acceptors (Lipinski definition) is 3. The molecular formula is H28BN3O11. The summed E-state index contributed by atoms with van der Waals surface area (Å²) in [6.07, 6.45) is 0. The molecule has 0 heterocycles. The van der Waals surface area contributed by atoms with Gasteiger partial charge in [0.05, 0.1) is 0 Å². The predicted molar refractivity (Wildman–Crippen MR) is 52.6 cm³/mol. The molecule has 0 saturated heterocycles. The first kappa shape index (κ1) is 422. The average molecular weight is 257 g/mol. The minimum absolute atomic E-state index is 0. The van der Waals surface area contributed by atoms with Gasteiger partial charge in [-0.25, -0.2) is 0 Å². The third-order valence-electron chi connectivity index (χ3n) is 0. The first-order valence-corrected chi connectivity index (χ1v) is 0.707. The van der Waals surface area contributed by atoms with E-state index in [-0.39, 0.29) is 62.3 Å². The van der Waals surface area contributed by atoms with Crippen LogP contribution in [0.15, 0.2) is 0 Å². The van der Waals surface area contributed by atoms with E-state index in [9.17, 15) is 0 Å². The van der Waals surface area contributed by atoms with Gasteiger partial charge >= 0.3 is 0 Å². The highest BCUT2D eigenvalue weighted by Crippen LogP contribution is 0.994. The van der Waals surface area contributed by atoms with Gasteiger partial charge in [0.1, 0.15) is 0 Å². The molecular weight excluding hydrogens is 229 g/mol. The minimum atomic E-state index is -2.92. The van der Waals surface area contributed by atoms with Crippen molar-refractivity contribution in [2.24, 2.45) is 0 Å². The molecule has 0 aromatic rings. The molecule has 0 aliphatic rings. The third kappa shape index (κ3) is 7290. The molecule has 0 amide bonds. The molecule has 0 bridgehead atoms. The fourth-order valence-corrected chi connectivity index (χ4v) is 0. The zero-order valence-corrected chi connectivity index (χ0v) is 8.80. The first-order chi connectivity index (χ1) is 1.73. The molecule has 0 unspecified atom stereocenters. The van der Waals surface area contributed by atoms with E-state index in [1.165, 1.54) is 0 Å². The molecule has 14 nitrogen and oxygen atoms in total. The lowest BCUT2D eigenvalue weighted by atomic mass is 10.3. The highest BCUT2D eigenvalue weighted by Gasteiger charge is 1.17. The monoisotopic (exact) mass is 257 g/mol. The van der Waals surface area contributed by atoms with E-state index >= 15 is 0 Å². The molecule has 0 saturated carbocycles. The van der Waals surface area contributed by atoms with Crippen LogP contribution < -0.4 is 33.5 Å². The molecule has 0 fully saturated rings. The Kier molecular flexibility index (Phi) is 9460. The summed E-state index contributed by atoms with van der Waals surface area (Å²) in [5, 5.41) is 25.2. The van der Waals surface area contributed by atoms with Crippen molar-refractivity contribution in [1.29, 1.82) is 0 Å². The number of rotatable bonds is 0. The van der Waals surface area contributed by atoms with Crippen molar-refractivity contribution >= 4 is 7.32 Å². The van der Waals surface area contributed by atoms with E-state index in [4.69, 9.17) is 15.1 Å². The van der Waals surface area contributed by atoms with Gasteiger partial charge in [-0.15, -0.1) is 0 Å². The maximum Gasteiger partial charge on any atom is -0.278 e. The van der Waals surface area contributed by atoms with Crippen LogP contribution in [-0.4, -0.2) is 51.1 Å². The van der Waals surface area contributed by atoms with Crippen LogP contribution in [0.5, 0.6) is 0 Å². The topological polar surface area (TPSA) is 431 Å². The standard InChI is InChI=1S/BO3.3H3N.8H2O/c2-1(3)4;;;;;;;;;;;/h;3*1H3;8*1H2/q-3;;;;;;;;;;;/p+3. The zero-order chi connectivity index (χ0) is 3.58. The Hall–Kier alpha value is -0.495. The van der Waals surface area contributed by atoms with E-state index in [2.05, 4.69) is 0 Å². The van der Waals surface area contributed by atoms with Crippen molar-refractivity contribution in [3.8, 4) is 0 Å². The molecule has 0 aliphatic heterocycles. The smallest absolute Gasteiger partial charge is 0.278 e. The maximum atomic E-state index is 8.42. The van der Waals surface area contributed by atoms with Crippen LogP contribution >= 0.6 is 0 Å². The highest BCUT2D eigenvalue weighted by molar-refractivity contribution is 6.24. The summed E-state index contributed by atoms with van der Waals surface area (Å²) in [6, 6.07) is 0. The predicted octanol–water partition coefficient (Wildman–Crippen LogP) is -9.42. The molecule has 0 rings (SSSR count). The molecule has 0 aromatic heterocycles. The Labute approximate surface area is 85.9 Å². The van der Waals surface area contributed by atoms with E-state index < -0.39 is 7.32 Å². The van der Waals surface area contributed by atoms with Crippen molar-refractivity contribution in [3.63, 3.8) is 0 Å². The van der Waals surface area contributed by atoms with E-state index in [1.807, 2.05) is 0 Å². The Morgan fingerprint density at radius 2 is 0.400 bits per heavy atom. The van der Waals surface area contributed by atoms with Crippen molar-refractivity contribution in [2.75, 3.05) is 0 Å². The SMILES string of the molecule is O.O.O.O.O.O.O.O.[NH4+].[NH4+].[NH4+].[O-]B([O-])[O-]. The summed E-state index contributed by atoms with van der Waals surface area (Å²) < 4.78 is 0. The van der Waals surface area contributed by atoms with Gasteiger partial charge in [0.25, 0.3) is 0 Å². The largest absolute Gasteiger partial charge is 0.907 e. The summed E-state index contributed by atoms with van der Waals surface area (Å²) in [7, 11) is -2.92. The lowest BCUT2D eigenvalue weighted by molar-refractivity contribution is -0.479. The van der Waals surface area contributed by atoms with Crippen LogP contribution in [0.2, 0.25) is 0 Å². The second-order valence-electron chi connectivity index (χ2n) is 0.289. The zero-order valence-electron chi connectivity index (χ0n) is 8.80. The maximum absolute atomic E-state index is 8.42. The molecule has 0 atom stereocenters. The minimum Gasteiger partial charge on any atom is -0.907 e. The molecule has 112 valence electrons. The first-order valence-electron chi connectivity index (χ1n) is 0.707. The fourth-order valence-electron chi connectivity index (χ4n) is 0. The number of quaternary nitrogens is 3. The van der Waals surface area contributed by atoms with Gasteiger partial charge in [-0.3, -0.25) is 7.32 Å². The lowest BCUT2D eigenvalue weighted by Crippen LogP contribution is -2.56. The van der Waals surface area contributed by atoms with Crippen LogP contribution in [0.1, 0.15) is 0 Å². The van der Waals surface area contributed by atoms with Gasteiger partial charge in [0.2, 0.25) is 0 Å². The van der Waals surface area contributed by atoms with Crippen molar-refractivity contribution in [2.45, 2.75) is 0 Å². The summed E-state index contributed by atoms with van der Waals surface area (Å²) in [5.74, 6) is 0. The van der Waals surface area contributed by atoms with Gasteiger partial charge < -0.3 is 77.3 Å². The highest BCUT2D eigenvalue weighted by atomic mass is 16.5. The average Bonchev–Trinajstić information content (AvgIpc) is 0.811. The van der Waals surface area contributed by atoms with Gasteiger partial charge in [-0.05, 0) is 0 Å². The Morgan fingerprint density at radius 1 is 0.400 bits per heavy atom.